The third kappa shape index (κ3) is 5.69. The van der Waals surface area contributed by atoms with Crippen LogP contribution >= 0.6 is 0 Å². The summed E-state index contributed by atoms with van der Waals surface area (Å²) < 4.78 is 30.2. The Balaban J connectivity index is 1.98. The van der Waals surface area contributed by atoms with Crippen molar-refractivity contribution in [3.63, 3.8) is 0 Å². The highest BCUT2D eigenvalue weighted by Crippen LogP contribution is 2.31. The molecule has 144 valence electrons. The van der Waals surface area contributed by atoms with Crippen LogP contribution in [-0.4, -0.2) is 44.3 Å². The summed E-state index contributed by atoms with van der Waals surface area (Å²) in [6, 6.07) is 2.61. The first-order valence-electron chi connectivity index (χ1n) is 8.59. The second-order valence-electron chi connectivity index (χ2n) is 7.46. The number of carbonyl (C=O) groups excluding carboxylic acids is 2. The van der Waals surface area contributed by atoms with Gasteiger partial charge >= 0.3 is 6.09 Å². The molecule has 0 aromatic heterocycles. The van der Waals surface area contributed by atoms with Crippen LogP contribution in [0.15, 0.2) is 12.1 Å². The Labute approximate surface area is 153 Å². The van der Waals surface area contributed by atoms with Crippen molar-refractivity contribution >= 4 is 12.4 Å². The highest BCUT2D eigenvalue weighted by Gasteiger charge is 2.25. The summed E-state index contributed by atoms with van der Waals surface area (Å²) in [5.74, 6) is -0.185. The van der Waals surface area contributed by atoms with Gasteiger partial charge in [-0.1, -0.05) is 0 Å². The molecule has 2 atom stereocenters. The van der Waals surface area contributed by atoms with Gasteiger partial charge in [-0.25, -0.2) is 9.18 Å². The van der Waals surface area contributed by atoms with Crippen LogP contribution in [0.3, 0.4) is 0 Å². The van der Waals surface area contributed by atoms with E-state index in [1.54, 1.807) is 26.8 Å². The van der Waals surface area contributed by atoms with Gasteiger partial charge in [0, 0.05) is 19.1 Å². The molecule has 7 heteroatoms. The Morgan fingerprint density at radius 2 is 2.08 bits per heavy atom. The molecule has 2 rings (SSSR count). The molecule has 2 unspecified atom stereocenters. The lowest BCUT2D eigenvalue weighted by Crippen LogP contribution is -2.44. The first kappa shape index (κ1) is 20.2. The molecule has 6 nitrogen and oxygen atoms in total. The summed E-state index contributed by atoms with van der Waals surface area (Å²) in [5.41, 5.74) is 0.760. The van der Waals surface area contributed by atoms with E-state index in [-0.39, 0.29) is 24.9 Å². The number of rotatable bonds is 7. The van der Waals surface area contributed by atoms with E-state index >= 15 is 0 Å². The van der Waals surface area contributed by atoms with E-state index in [1.807, 2.05) is 0 Å². The highest BCUT2D eigenvalue weighted by molar-refractivity contribution is 5.68. The van der Waals surface area contributed by atoms with Crippen molar-refractivity contribution in [2.75, 3.05) is 20.3 Å². The zero-order chi connectivity index (χ0) is 19.3. The van der Waals surface area contributed by atoms with E-state index in [0.717, 1.165) is 11.8 Å². The number of fused-ring (bicyclic) bond motifs is 1. The zero-order valence-corrected chi connectivity index (χ0v) is 15.6. The van der Waals surface area contributed by atoms with Crippen LogP contribution in [0.25, 0.3) is 0 Å². The smallest absolute Gasteiger partial charge is 0.408 e. The van der Waals surface area contributed by atoms with Crippen LogP contribution in [-0.2, 0) is 27.1 Å². The maximum atomic E-state index is 14.2. The van der Waals surface area contributed by atoms with Crippen LogP contribution in [0.5, 0.6) is 5.75 Å². The van der Waals surface area contributed by atoms with Crippen LogP contribution in [0.2, 0.25) is 0 Å². The summed E-state index contributed by atoms with van der Waals surface area (Å²) in [5, 5.41) is 2.68. The van der Waals surface area contributed by atoms with Gasteiger partial charge in [-0.05, 0) is 50.8 Å². The fourth-order valence-corrected chi connectivity index (χ4v) is 2.88. The summed E-state index contributed by atoms with van der Waals surface area (Å²) in [6.07, 6.45) is 1.23. The summed E-state index contributed by atoms with van der Waals surface area (Å²) in [4.78, 5) is 22.8. The number of amides is 1. The second-order valence-corrected chi connectivity index (χ2v) is 7.46. The van der Waals surface area contributed by atoms with Crippen LogP contribution < -0.4 is 10.1 Å². The van der Waals surface area contributed by atoms with Crippen molar-refractivity contribution in [2.24, 2.45) is 5.92 Å². The number of nitrogens with one attached hydrogen (secondary N) is 1. The Morgan fingerprint density at radius 3 is 2.69 bits per heavy atom. The molecule has 0 fully saturated rings. The van der Waals surface area contributed by atoms with Crippen molar-refractivity contribution in [3.05, 3.63) is 29.1 Å². The highest BCUT2D eigenvalue weighted by atomic mass is 19.1. The number of hydrogen-bond acceptors (Lipinski definition) is 5. The third-order valence-corrected chi connectivity index (χ3v) is 3.94. The number of methoxy groups -OCH3 is 1. The molecule has 0 radical (unpaired) electrons. The van der Waals surface area contributed by atoms with Crippen LogP contribution in [0.4, 0.5) is 9.18 Å². The Bertz CT molecular complexity index is 656. The average molecular weight is 367 g/mol. The number of hydrogen-bond donors (Lipinski definition) is 1. The Kier molecular flexibility index (Phi) is 6.58. The summed E-state index contributed by atoms with van der Waals surface area (Å²) in [6.45, 7) is 5.64. The third-order valence-electron chi connectivity index (χ3n) is 3.94. The number of ether oxygens (including phenoxy) is 3. The van der Waals surface area contributed by atoms with Gasteiger partial charge < -0.3 is 24.3 Å². The van der Waals surface area contributed by atoms with E-state index in [9.17, 15) is 14.0 Å². The minimum Gasteiger partial charge on any atom is -0.491 e. The number of alkyl carbamates (subject to hydrolysis) is 1. The molecule has 0 aliphatic heterocycles. The Hall–Kier alpha value is -2.15. The van der Waals surface area contributed by atoms with Crippen molar-refractivity contribution in [1.82, 2.24) is 5.32 Å². The monoisotopic (exact) mass is 367 g/mol. The molecular formula is C19H26FNO5. The minimum atomic E-state index is -0.610. The number of carbonyl (C=O) groups is 2. The van der Waals surface area contributed by atoms with E-state index < -0.39 is 17.7 Å². The van der Waals surface area contributed by atoms with E-state index in [4.69, 9.17) is 14.2 Å². The first-order valence-corrected chi connectivity index (χ1v) is 8.59. The van der Waals surface area contributed by atoms with E-state index in [2.05, 4.69) is 5.32 Å². The molecule has 1 aliphatic rings. The van der Waals surface area contributed by atoms with Gasteiger partial charge in [-0.3, -0.25) is 0 Å². The standard InChI is InChI=1S/C19H26FNO5/c1-19(2,3)26-18(23)21-14(10-24-4)11-25-15-7-13-5-12(9-22)6-16(13)17(20)8-15/h7-9,12,14H,5-6,10-11H2,1-4H3,(H,21,23). The molecule has 26 heavy (non-hydrogen) atoms. The van der Waals surface area contributed by atoms with Crippen molar-refractivity contribution in [2.45, 2.75) is 45.3 Å². The maximum Gasteiger partial charge on any atom is 0.408 e. The molecule has 1 aromatic rings. The molecule has 1 amide bonds. The van der Waals surface area contributed by atoms with E-state index in [0.29, 0.717) is 24.2 Å². The number of halogens is 1. The maximum absolute atomic E-state index is 14.2. The van der Waals surface area contributed by atoms with E-state index in [1.165, 1.54) is 13.2 Å². The average Bonchev–Trinajstić information content (AvgIpc) is 2.95. The predicted octanol–water partition coefficient (Wildman–Crippen LogP) is 2.66. The SMILES string of the molecule is COCC(COc1cc(F)c2c(c1)CC(C=O)C2)NC(=O)OC(C)(C)C. The molecular weight excluding hydrogens is 341 g/mol. The van der Waals surface area contributed by atoms with Gasteiger partial charge in [-0.2, -0.15) is 0 Å². The predicted molar refractivity (Wildman–Crippen MR) is 93.9 cm³/mol. The van der Waals surface area contributed by atoms with Gasteiger partial charge in [0.2, 0.25) is 0 Å². The number of benzene rings is 1. The van der Waals surface area contributed by atoms with Gasteiger partial charge in [0.05, 0.1) is 12.6 Å². The van der Waals surface area contributed by atoms with Crippen LogP contribution in [0.1, 0.15) is 31.9 Å². The lowest BCUT2D eigenvalue weighted by molar-refractivity contribution is -0.110. The fraction of sp³-hybridized carbons (Fsp3) is 0.579. The topological polar surface area (TPSA) is 73.9 Å². The lowest BCUT2D eigenvalue weighted by atomic mass is 10.1. The molecule has 1 aliphatic carbocycles. The Morgan fingerprint density at radius 1 is 1.35 bits per heavy atom. The molecule has 0 heterocycles. The molecule has 1 N–H and O–H groups in total. The van der Waals surface area contributed by atoms with Gasteiger partial charge in [-0.15, -0.1) is 0 Å². The van der Waals surface area contributed by atoms with Gasteiger partial charge in [0.1, 0.15) is 30.1 Å². The van der Waals surface area contributed by atoms with Crippen molar-refractivity contribution in [1.29, 1.82) is 0 Å². The van der Waals surface area contributed by atoms with Crippen molar-refractivity contribution in [3.8, 4) is 5.75 Å². The lowest BCUT2D eigenvalue weighted by Gasteiger charge is -2.23. The summed E-state index contributed by atoms with van der Waals surface area (Å²) in [7, 11) is 1.51. The quantitative estimate of drug-likeness (QED) is 0.750. The second kappa shape index (κ2) is 8.49. The zero-order valence-electron chi connectivity index (χ0n) is 15.6. The molecule has 0 saturated heterocycles. The number of aldehydes is 1. The molecule has 0 saturated carbocycles. The largest absolute Gasteiger partial charge is 0.491 e. The molecule has 0 spiro atoms. The summed E-state index contributed by atoms with van der Waals surface area (Å²) >= 11 is 0. The van der Waals surface area contributed by atoms with Gasteiger partial charge in [0.25, 0.3) is 0 Å². The minimum absolute atomic E-state index is 0.0996. The molecule has 0 bridgehead atoms. The van der Waals surface area contributed by atoms with Gasteiger partial charge in [0.15, 0.2) is 0 Å². The fourth-order valence-electron chi connectivity index (χ4n) is 2.88. The van der Waals surface area contributed by atoms with Crippen molar-refractivity contribution < 1.29 is 28.2 Å². The first-order chi connectivity index (χ1) is 12.2. The van der Waals surface area contributed by atoms with Crippen LogP contribution in [0, 0.1) is 11.7 Å². The molecule has 1 aromatic carbocycles. The normalized spacial score (nSPS) is 17.3.